The van der Waals surface area contributed by atoms with E-state index in [1.54, 1.807) is 18.2 Å². The monoisotopic (exact) mass is 585 g/mol. The highest BCUT2D eigenvalue weighted by Gasteiger charge is 2.34. The Labute approximate surface area is 240 Å². The first kappa shape index (κ1) is 29.6. The number of halogens is 2. The molecule has 1 atom stereocenters. The zero-order valence-corrected chi connectivity index (χ0v) is 23.9. The number of nitrogens with one attached hydrogen (secondary N) is 1. The molecular formula is C30H33ClFN3O4S. The number of nitrogens with zero attached hydrogens (tertiary/aromatic N) is 2. The Morgan fingerprint density at radius 2 is 1.60 bits per heavy atom. The van der Waals surface area contributed by atoms with Gasteiger partial charge in [0.05, 0.1) is 11.9 Å². The van der Waals surface area contributed by atoms with E-state index in [9.17, 15) is 22.4 Å². The van der Waals surface area contributed by atoms with Crippen molar-refractivity contribution >= 4 is 39.1 Å². The molecule has 1 N–H and O–H groups in total. The summed E-state index contributed by atoms with van der Waals surface area (Å²) in [5.74, 6) is -1.50. The van der Waals surface area contributed by atoms with Crippen LogP contribution in [-0.2, 0) is 32.6 Å². The van der Waals surface area contributed by atoms with Crippen LogP contribution in [-0.4, -0.2) is 50.0 Å². The first-order valence-corrected chi connectivity index (χ1v) is 15.4. The topological polar surface area (TPSA) is 86.8 Å². The van der Waals surface area contributed by atoms with Gasteiger partial charge in [0, 0.05) is 29.6 Å². The molecule has 0 aliphatic heterocycles. The van der Waals surface area contributed by atoms with E-state index in [0.29, 0.717) is 5.02 Å². The highest BCUT2D eigenvalue weighted by atomic mass is 35.5. The quantitative estimate of drug-likeness (QED) is 0.345. The van der Waals surface area contributed by atoms with E-state index >= 15 is 0 Å². The normalized spacial score (nSPS) is 14.5. The molecule has 1 aliphatic carbocycles. The molecule has 0 bridgehead atoms. The van der Waals surface area contributed by atoms with Gasteiger partial charge in [0.15, 0.2) is 0 Å². The van der Waals surface area contributed by atoms with Gasteiger partial charge in [-0.15, -0.1) is 0 Å². The average Bonchev–Trinajstić information content (AvgIpc) is 3.44. The lowest BCUT2D eigenvalue weighted by Crippen LogP contribution is -2.54. The predicted octanol–water partition coefficient (Wildman–Crippen LogP) is 4.94. The van der Waals surface area contributed by atoms with Crippen molar-refractivity contribution in [2.75, 3.05) is 17.1 Å². The second-order valence-electron chi connectivity index (χ2n) is 10.1. The molecule has 212 valence electrons. The van der Waals surface area contributed by atoms with Crippen LogP contribution in [0.1, 0.15) is 36.8 Å². The SMILES string of the molecule is CS(=O)(=O)N(CC(=O)N(Cc1ccccc1F)C(Cc1ccccc1)C(=O)NC1CCCC1)c1ccc(Cl)cc1. The Balaban J connectivity index is 1.72. The van der Waals surface area contributed by atoms with Gasteiger partial charge in [0.2, 0.25) is 21.8 Å². The molecular weight excluding hydrogens is 553 g/mol. The van der Waals surface area contributed by atoms with Gasteiger partial charge in [-0.1, -0.05) is 73.0 Å². The molecule has 1 aliphatic rings. The number of anilines is 1. The molecule has 1 fully saturated rings. The van der Waals surface area contributed by atoms with E-state index < -0.39 is 34.3 Å². The highest BCUT2D eigenvalue weighted by molar-refractivity contribution is 7.92. The molecule has 3 aromatic carbocycles. The standard InChI is InChI=1S/C30H33ClFN3O4S/c1-40(38,39)35(26-17-15-24(31)16-18-26)21-29(36)34(20-23-11-5-8-14-27(23)32)28(19-22-9-3-2-4-10-22)30(37)33-25-12-6-7-13-25/h2-5,8-11,14-18,25,28H,6-7,12-13,19-21H2,1H3,(H,33,37). The van der Waals surface area contributed by atoms with Gasteiger partial charge in [0.25, 0.3) is 0 Å². The second-order valence-corrected chi connectivity index (χ2v) is 12.4. The molecule has 2 amide bonds. The molecule has 0 heterocycles. The van der Waals surface area contributed by atoms with E-state index in [1.165, 1.54) is 35.2 Å². The van der Waals surface area contributed by atoms with Crippen LogP contribution in [0.25, 0.3) is 0 Å². The molecule has 40 heavy (non-hydrogen) atoms. The number of rotatable bonds is 11. The summed E-state index contributed by atoms with van der Waals surface area (Å²) in [7, 11) is -3.90. The average molecular weight is 586 g/mol. The minimum atomic E-state index is -3.90. The Hall–Kier alpha value is -3.43. The third kappa shape index (κ3) is 7.82. The molecule has 4 rings (SSSR count). The van der Waals surface area contributed by atoms with E-state index in [4.69, 9.17) is 11.6 Å². The number of amides is 2. The van der Waals surface area contributed by atoms with Crippen LogP contribution in [0.3, 0.4) is 0 Å². The minimum Gasteiger partial charge on any atom is -0.352 e. The molecule has 1 saturated carbocycles. The number of carbonyl (C=O) groups excluding carboxylic acids is 2. The maximum absolute atomic E-state index is 14.8. The smallest absolute Gasteiger partial charge is 0.244 e. The van der Waals surface area contributed by atoms with Gasteiger partial charge in [-0.3, -0.25) is 13.9 Å². The second kappa shape index (κ2) is 13.3. The highest BCUT2D eigenvalue weighted by Crippen LogP contribution is 2.23. The van der Waals surface area contributed by atoms with Crippen LogP contribution in [0, 0.1) is 5.82 Å². The summed E-state index contributed by atoms with van der Waals surface area (Å²) in [6.45, 7) is -0.782. The van der Waals surface area contributed by atoms with E-state index in [-0.39, 0.29) is 36.2 Å². The maximum Gasteiger partial charge on any atom is 0.244 e. The summed E-state index contributed by atoms with van der Waals surface area (Å²) in [6, 6.07) is 20.4. The fraction of sp³-hybridized carbons (Fsp3) is 0.333. The Morgan fingerprint density at radius 3 is 2.23 bits per heavy atom. The first-order chi connectivity index (χ1) is 19.1. The Bertz CT molecular complexity index is 1410. The summed E-state index contributed by atoms with van der Waals surface area (Å²) < 4.78 is 41.4. The molecule has 1 unspecified atom stereocenters. The van der Waals surface area contributed by atoms with Crippen molar-refractivity contribution in [1.29, 1.82) is 0 Å². The summed E-state index contributed by atoms with van der Waals surface area (Å²) in [5, 5.41) is 3.50. The van der Waals surface area contributed by atoms with E-state index in [2.05, 4.69) is 5.32 Å². The van der Waals surface area contributed by atoms with Crippen molar-refractivity contribution in [2.45, 2.75) is 50.7 Å². The van der Waals surface area contributed by atoms with Crippen molar-refractivity contribution in [3.8, 4) is 0 Å². The van der Waals surface area contributed by atoms with Gasteiger partial charge >= 0.3 is 0 Å². The molecule has 10 heteroatoms. The number of benzene rings is 3. The van der Waals surface area contributed by atoms with Crippen molar-refractivity contribution < 1.29 is 22.4 Å². The lowest BCUT2D eigenvalue weighted by atomic mass is 10.0. The fourth-order valence-corrected chi connectivity index (χ4v) is 5.93. The molecule has 0 saturated heterocycles. The maximum atomic E-state index is 14.8. The summed E-state index contributed by atoms with van der Waals surface area (Å²) >= 11 is 5.99. The van der Waals surface area contributed by atoms with Crippen molar-refractivity contribution in [2.24, 2.45) is 0 Å². The van der Waals surface area contributed by atoms with Gasteiger partial charge in [-0.05, 0) is 48.7 Å². The van der Waals surface area contributed by atoms with Crippen molar-refractivity contribution in [1.82, 2.24) is 10.2 Å². The molecule has 7 nitrogen and oxygen atoms in total. The van der Waals surface area contributed by atoms with Crippen molar-refractivity contribution in [3.63, 3.8) is 0 Å². The van der Waals surface area contributed by atoms with Crippen LogP contribution in [0.5, 0.6) is 0 Å². The zero-order chi connectivity index (χ0) is 28.7. The largest absolute Gasteiger partial charge is 0.352 e. The van der Waals surface area contributed by atoms with Gasteiger partial charge in [-0.25, -0.2) is 12.8 Å². The molecule has 3 aromatic rings. The zero-order valence-electron chi connectivity index (χ0n) is 22.3. The van der Waals surface area contributed by atoms with Crippen molar-refractivity contribution in [3.05, 3.63) is 101 Å². The van der Waals surface area contributed by atoms with E-state index in [1.807, 2.05) is 30.3 Å². The Morgan fingerprint density at radius 1 is 0.975 bits per heavy atom. The van der Waals surface area contributed by atoms with Gasteiger partial charge in [0.1, 0.15) is 18.4 Å². The number of hydrogen-bond donors (Lipinski definition) is 1. The summed E-state index contributed by atoms with van der Waals surface area (Å²) in [5.41, 5.74) is 1.29. The third-order valence-electron chi connectivity index (χ3n) is 7.06. The number of carbonyl (C=O) groups is 2. The first-order valence-electron chi connectivity index (χ1n) is 13.2. The van der Waals surface area contributed by atoms with Crippen LogP contribution in [0.2, 0.25) is 5.02 Å². The predicted molar refractivity (Wildman–Crippen MR) is 155 cm³/mol. The third-order valence-corrected chi connectivity index (χ3v) is 8.46. The lowest BCUT2D eigenvalue weighted by Gasteiger charge is -2.34. The molecule has 0 radical (unpaired) electrons. The molecule has 0 aromatic heterocycles. The van der Waals surface area contributed by atoms with Crippen LogP contribution in [0.15, 0.2) is 78.9 Å². The molecule has 0 spiro atoms. The summed E-state index contributed by atoms with van der Waals surface area (Å²) in [4.78, 5) is 29.1. The lowest BCUT2D eigenvalue weighted by molar-refractivity contribution is -0.140. The van der Waals surface area contributed by atoms with Gasteiger partial charge in [-0.2, -0.15) is 0 Å². The van der Waals surface area contributed by atoms with E-state index in [0.717, 1.165) is 41.8 Å². The number of hydrogen-bond acceptors (Lipinski definition) is 4. The number of sulfonamides is 1. The summed E-state index contributed by atoms with van der Waals surface area (Å²) in [6.07, 6.45) is 4.91. The Kier molecular flexibility index (Phi) is 9.81. The van der Waals surface area contributed by atoms with Gasteiger partial charge < -0.3 is 10.2 Å². The fourth-order valence-electron chi connectivity index (χ4n) is 4.95. The van der Waals surface area contributed by atoms with Crippen LogP contribution < -0.4 is 9.62 Å². The van der Waals surface area contributed by atoms with Crippen LogP contribution >= 0.6 is 11.6 Å². The van der Waals surface area contributed by atoms with Crippen LogP contribution in [0.4, 0.5) is 10.1 Å². The minimum absolute atomic E-state index is 0.00206.